The Bertz CT molecular complexity index is 1530. The Morgan fingerprint density at radius 1 is 1.08 bits per heavy atom. The summed E-state index contributed by atoms with van der Waals surface area (Å²) in [6.45, 7) is 13.2. The lowest BCUT2D eigenvalue weighted by molar-refractivity contribution is -0.162. The van der Waals surface area contributed by atoms with Crippen molar-refractivity contribution in [2.45, 2.75) is 101 Å². The number of hydrogen-bond acceptors (Lipinski definition) is 7. The van der Waals surface area contributed by atoms with Crippen LogP contribution in [-0.4, -0.2) is 81.6 Å². The van der Waals surface area contributed by atoms with Crippen molar-refractivity contribution < 1.29 is 33.8 Å². The van der Waals surface area contributed by atoms with Crippen molar-refractivity contribution in [2.75, 3.05) is 13.2 Å². The van der Waals surface area contributed by atoms with Crippen molar-refractivity contribution in [1.29, 1.82) is 0 Å². The lowest BCUT2D eigenvalue weighted by Gasteiger charge is -2.41. The van der Waals surface area contributed by atoms with Crippen molar-refractivity contribution in [1.82, 2.24) is 15.1 Å². The molecule has 3 aliphatic heterocycles. The number of carbonyl (C=O) groups excluding carboxylic acids is 4. The maximum Gasteiger partial charge on any atom is 0.313 e. The number of hydrogen-bond donors (Lipinski definition) is 2. The zero-order valence-corrected chi connectivity index (χ0v) is 29.4. The van der Waals surface area contributed by atoms with Crippen molar-refractivity contribution in [3.63, 3.8) is 0 Å². The van der Waals surface area contributed by atoms with Crippen molar-refractivity contribution in [3.8, 4) is 0 Å². The average Bonchev–Trinajstić information content (AvgIpc) is 3.77. The lowest BCUT2D eigenvalue weighted by Crippen LogP contribution is -2.58. The third-order valence-corrected chi connectivity index (χ3v) is 10.6. The fraction of sp³-hybridized carbons (Fsp3) is 0.500. The highest BCUT2D eigenvalue weighted by Gasteiger charge is 2.76. The zero-order chi connectivity index (χ0) is 36.0. The fourth-order valence-corrected chi connectivity index (χ4v) is 8.30. The highest BCUT2D eigenvalue weighted by Crippen LogP contribution is 2.60. The molecule has 268 valence electrons. The minimum atomic E-state index is -1.29. The number of fused-ring (bicyclic) bond motifs is 1. The summed E-state index contributed by atoms with van der Waals surface area (Å²) in [4.78, 5) is 60.1. The summed E-state index contributed by atoms with van der Waals surface area (Å²) in [6, 6.07) is 15.7. The minimum Gasteiger partial charge on any atom is -0.455 e. The Kier molecular flexibility index (Phi) is 12.0. The fourth-order valence-electron chi connectivity index (χ4n) is 8.30. The summed E-state index contributed by atoms with van der Waals surface area (Å²) in [5, 5.41) is 13.8. The molecule has 2 bridgehead atoms. The minimum absolute atomic E-state index is 0.142. The van der Waals surface area contributed by atoms with Gasteiger partial charge in [-0.15, -0.1) is 13.2 Å². The van der Waals surface area contributed by atoms with Crippen LogP contribution in [0.15, 0.2) is 86.0 Å². The molecule has 50 heavy (non-hydrogen) atoms. The first-order chi connectivity index (χ1) is 24.1. The summed E-state index contributed by atoms with van der Waals surface area (Å²) >= 11 is 0. The molecule has 0 aromatic heterocycles. The molecule has 0 radical (unpaired) electrons. The van der Waals surface area contributed by atoms with E-state index in [4.69, 9.17) is 9.47 Å². The number of aliphatic hydroxyl groups excluding tert-OH is 1. The molecule has 5 rings (SSSR count). The lowest BCUT2D eigenvalue weighted by atomic mass is 9.70. The van der Waals surface area contributed by atoms with E-state index < -0.39 is 66.3 Å². The van der Waals surface area contributed by atoms with Gasteiger partial charge in [-0.05, 0) is 50.7 Å². The van der Waals surface area contributed by atoms with Crippen molar-refractivity contribution in [2.24, 2.45) is 11.8 Å². The third-order valence-electron chi connectivity index (χ3n) is 10.6. The van der Waals surface area contributed by atoms with Crippen LogP contribution >= 0.6 is 0 Å². The van der Waals surface area contributed by atoms with Gasteiger partial charge < -0.3 is 29.7 Å². The second-order valence-corrected chi connectivity index (χ2v) is 13.8. The topological polar surface area (TPSA) is 125 Å². The summed E-state index contributed by atoms with van der Waals surface area (Å²) in [5.41, 5.74) is 0.0780. The number of allylic oxidation sites excluding steroid dienone is 1. The maximum atomic E-state index is 14.9. The van der Waals surface area contributed by atoms with Crippen LogP contribution in [0.2, 0.25) is 0 Å². The summed E-state index contributed by atoms with van der Waals surface area (Å²) in [5.74, 6) is -3.50. The van der Waals surface area contributed by atoms with Gasteiger partial charge in [-0.3, -0.25) is 19.2 Å². The van der Waals surface area contributed by atoms with E-state index in [1.807, 2.05) is 67.6 Å². The van der Waals surface area contributed by atoms with Gasteiger partial charge in [0, 0.05) is 19.0 Å². The number of nitrogens with zero attached hydrogens (tertiary/aromatic N) is 2. The number of aliphatic hydroxyl groups is 1. The molecule has 3 heterocycles. The summed E-state index contributed by atoms with van der Waals surface area (Å²) in [6.07, 6.45) is 5.10. The molecule has 3 aliphatic rings. The van der Waals surface area contributed by atoms with Gasteiger partial charge in [-0.25, -0.2) is 0 Å². The van der Waals surface area contributed by atoms with Crippen LogP contribution in [0.3, 0.4) is 0 Å². The van der Waals surface area contributed by atoms with Gasteiger partial charge in [-0.1, -0.05) is 86.2 Å². The van der Waals surface area contributed by atoms with Crippen LogP contribution in [-0.2, 0) is 28.7 Å². The number of carbonyl (C=O) groups is 4. The highest BCUT2D eigenvalue weighted by atomic mass is 16.6. The van der Waals surface area contributed by atoms with E-state index in [1.54, 1.807) is 24.0 Å². The zero-order valence-electron chi connectivity index (χ0n) is 29.4. The molecule has 2 aromatic carbocycles. The number of benzene rings is 2. The normalized spacial score (nSPS) is 26.0. The number of rotatable bonds is 17. The van der Waals surface area contributed by atoms with Crippen LogP contribution in [0.25, 0.3) is 0 Å². The van der Waals surface area contributed by atoms with Crippen molar-refractivity contribution in [3.05, 3.63) is 97.1 Å². The van der Waals surface area contributed by atoms with Crippen LogP contribution in [0, 0.1) is 11.8 Å². The monoisotopic (exact) mass is 685 g/mol. The van der Waals surface area contributed by atoms with E-state index in [1.165, 1.54) is 4.90 Å². The number of ether oxygens (including phenoxy) is 2. The number of amides is 3. The molecule has 2 N–H and O–H groups in total. The quantitative estimate of drug-likeness (QED) is 0.176. The largest absolute Gasteiger partial charge is 0.455 e. The molecule has 10 heteroatoms. The van der Waals surface area contributed by atoms with Gasteiger partial charge in [0.15, 0.2) is 0 Å². The number of likely N-dealkylation sites (tertiary alicyclic amines) is 1. The smallest absolute Gasteiger partial charge is 0.313 e. The Morgan fingerprint density at radius 2 is 1.74 bits per heavy atom. The Morgan fingerprint density at radius 3 is 2.34 bits per heavy atom. The molecular weight excluding hydrogens is 634 g/mol. The average molecular weight is 686 g/mol. The molecule has 3 saturated heterocycles. The van der Waals surface area contributed by atoms with Gasteiger partial charge in [0.2, 0.25) is 17.7 Å². The van der Waals surface area contributed by atoms with Gasteiger partial charge in [0.1, 0.15) is 17.7 Å². The Hall–Kier alpha value is -4.28. The number of nitrogens with one attached hydrogen (secondary N) is 1. The van der Waals surface area contributed by atoms with E-state index in [0.717, 1.165) is 12.8 Å². The highest BCUT2D eigenvalue weighted by molar-refractivity contribution is 5.98. The van der Waals surface area contributed by atoms with Crippen LogP contribution in [0.1, 0.15) is 82.6 Å². The molecule has 1 unspecified atom stereocenters. The molecule has 0 aliphatic carbocycles. The third kappa shape index (κ3) is 7.01. The Labute approximate surface area is 295 Å². The molecule has 3 fully saturated rings. The van der Waals surface area contributed by atoms with E-state index in [9.17, 15) is 24.3 Å². The van der Waals surface area contributed by atoms with Crippen molar-refractivity contribution >= 4 is 23.7 Å². The summed E-state index contributed by atoms with van der Waals surface area (Å²) in [7, 11) is 0. The first-order valence-corrected chi connectivity index (χ1v) is 17.9. The molecule has 10 nitrogen and oxygen atoms in total. The number of esters is 1. The van der Waals surface area contributed by atoms with E-state index >= 15 is 0 Å². The SMILES string of the molecule is C=CCCC(=O)N[C@H](C)[C@@H](OC(=O)[C@@H]1[C@H]2C(=O)N([C@H](CO)c3ccccc3)[C@H](C(=O)N(CC=C)C(C)CCC)[C@]23CC[C@H]1O3)c1ccccc1. The molecule has 9 atom stereocenters. The second-order valence-electron chi connectivity index (χ2n) is 13.8. The maximum absolute atomic E-state index is 14.9. The Balaban J connectivity index is 1.53. The van der Waals surface area contributed by atoms with Gasteiger partial charge in [-0.2, -0.15) is 0 Å². The molecule has 0 saturated carbocycles. The van der Waals surface area contributed by atoms with Gasteiger partial charge in [0.05, 0.1) is 36.6 Å². The van der Waals surface area contributed by atoms with Gasteiger partial charge in [0.25, 0.3) is 0 Å². The van der Waals surface area contributed by atoms with E-state index in [2.05, 4.69) is 25.4 Å². The summed E-state index contributed by atoms with van der Waals surface area (Å²) < 4.78 is 13.0. The molecule has 2 aromatic rings. The molecule has 3 amide bonds. The molecule has 1 spiro atoms. The predicted octanol–water partition coefficient (Wildman–Crippen LogP) is 5.05. The van der Waals surface area contributed by atoms with Crippen LogP contribution in [0.4, 0.5) is 0 Å². The standard InChI is InChI=1S/C40H51N3O7/c1-6-9-21-32(45)41-27(5)35(29-19-14-11-15-20-29)49-39(48)33-31-22-23-40(50-31)34(33)37(46)43(30(25-44)28-17-12-10-13-18-28)36(40)38(47)42(24-8-3)26(4)16-7-2/h6,8,10-15,17-20,26-27,30-31,33-36,44H,1,3,7,9,16,21-25H2,2,4-5H3,(H,41,45)/t26?,27-,30-,31-,33+,34+,35-,36-,40+/m1/s1. The first kappa shape index (κ1) is 37.0. The van der Waals surface area contributed by atoms with Crippen LogP contribution < -0.4 is 5.32 Å². The second kappa shape index (κ2) is 16.2. The first-order valence-electron chi connectivity index (χ1n) is 17.9. The predicted molar refractivity (Wildman–Crippen MR) is 189 cm³/mol. The van der Waals surface area contributed by atoms with E-state index in [0.29, 0.717) is 30.4 Å². The van der Waals surface area contributed by atoms with Gasteiger partial charge >= 0.3 is 5.97 Å². The molecular formula is C40H51N3O7. The van der Waals surface area contributed by atoms with Crippen LogP contribution in [0.5, 0.6) is 0 Å². The van der Waals surface area contributed by atoms with E-state index in [-0.39, 0.29) is 30.8 Å².